The maximum absolute atomic E-state index is 12.6. The van der Waals surface area contributed by atoms with Crippen LogP contribution in [-0.2, 0) is 11.3 Å². The molecule has 1 fully saturated rings. The summed E-state index contributed by atoms with van der Waals surface area (Å²) in [4.78, 5) is 12.6. The highest BCUT2D eigenvalue weighted by Crippen LogP contribution is 2.38. The van der Waals surface area contributed by atoms with Crippen molar-refractivity contribution in [3.63, 3.8) is 0 Å². The number of methoxy groups -OCH3 is 3. The molecule has 146 valence electrons. The van der Waals surface area contributed by atoms with Gasteiger partial charge in [0.15, 0.2) is 11.5 Å². The van der Waals surface area contributed by atoms with E-state index in [1.165, 1.54) is 27.8 Å². The Balaban J connectivity index is 1.70. The number of benzene rings is 1. The summed E-state index contributed by atoms with van der Waals surface area (Å²) in [5.74, 6) is 0.999. The fourth-order valence-corrected chi connectivity index (χ4v) is 3.10. The first-order valence-electron chi connectivity index (χ1n) is 8.90. The van der Waals surface area contributed by atoms with Crippen LogP contribution in [0.3, 0.4) is 0 Å². The summed E-state index contributed by atoms with van der Waals surface area (Å²) in [5, 5.41) is 7.15. The molecule has 8 nitrogen and oxygen atoms in total. The molecule has 1 saturated heterocycles. The Hall–Kier alpha value is -2.74. The summed E-state index contributed by atoms with van der Waals surface area (Å²) in [6, 6.07) is 3.22. The fourth-order valence-electron chi connectivity index (χ4n) is 3.10. The van der Waals surface area contributed by atoms with Crippen molar-refractivity contribution < 1.29 is 23.7 Å². The molecule has 2 heterocycles. The molecule has 1 amide bonds. The van der Waals surface area contributed by atoms with E-state index < -0.39 is 0 Å². The summed E-state index contributed by atoms with van der Waals surface area (Å²) < 4.78 is 23.4. The highest BCUT2D eigenvalue weighted by atomic mass is 16.5. The van der Waals surface area contributed by atoms with E-state index in [0.29, 0.717) is 35.0 Å². The van der Waals surface area contributed by atoms with Gasteiger partial charge in [0.1, 0.15) is 0 Å². The van der Waals surface area contributed by atoms with Crippen LogP contribution in [0.25, 0.3) is 0 Å². The second-order valence-corrected chi connectivity index (χ2v) is 6.31. The summed E-state index contributed by atoms with van der Waals surface area (Å²) in [6.45, 7) is 1.48. The monoisotopic (exact) mass is 375 g/mol. The van der Waals surface area contributed by atoms with E-state index in [2.05, 4.69) is 10.4 Å². The molecule has 1 unspecified atom stereocenters. The van der Waals surface area contributed by atoms with E-state index in [4.69, 9.17) is 18.9 Å². The SMILES string of the molecule is COc1cc(C(=O)Nc2cnn(CC3CCCCO3)c2)cc(OC)c1OC. The lowest BCUT2D eigenvalue weighted by Gasteiger charge is -2.22. The van der Waals surface area contributed by atoms with Crippen LogP contribution in [-0.4, -0.2) is 49.7 Å². The number of carbonyl (C=O) groups excluding carboxylic acids is 1. The van der Waals surface area contributed by atoms with Crippen molar-refractivity contribution in [2.45, 2.75) is 31.9 Å². The standard InChI is InChI=1S/C19H25N3O5/c1-24-16-8-13(9-17(25-2)18(16)26-3)19(23)21-14-10-20-22(11-14)12-15-6-4-5-7-27-15/h8-11,15H,4-7,12H2,1-3H3,(H,21,23). The zero-order chi connectivity index (χ0) is 19.2. The van der Waals surface area contributed by atoms with Crippen LogP contribution < -0.4 is 19.5 Å². The number of nitrogens with one attached hydrogen (secondary N) is 1. The highest BCUT2D eigenvalue weighted by molar-refractivity contribution is 6.05. The molecular weight excluding hydrogens is 350 g/mol. The average Bonchev–Trinajstić information content (AvgIpc) is 3.14. The van der Waals surface area contributed by atoms with Gasteiger partial charge in [-0.2, -0.15) is 5.10 Å². The number of aromatic nitrogens is 2. The molecule has 1 N–H and O–H groups in total. The second-order valence-electron chi connectivity index (χ2n) is 6.31. The normalized spacial score (nSPS) is 16.6. The zero-order valence-corrected chi connectivity index (χ0v) is 15.9. The van der Waals surface area contributed by atoms with Gasteiger partial charge >= 0.3 is 0 Å². The van der Waals surface area contributed by atoms with Crippen molar-refractivity contribution in [2.75, 3.05) is 33.3 Å². The molecule has 2 aromatic rings. The van der Waals surface area contributed by atoms with Gasteiger partial charge in [0.05, 0.1) is 45.9 Å². The Morgan fingerprint density at radius 1 is 1.22 bits per heavy atom. The summed E-state index contributed by atoms with van der Waals surface area (Å²) in [7, 11) is 4.54. The largest absolute Gasteiger partial charge is 0.493 e. The molecular formula is C19H25N3O5. The molecule has 1 atom stereocenters. The average molecular weight is 375 g/mol. The number of ether oxygens (including phenoxy) is 4. The number of anilines is 1. The van der Waals surface area contributed by atoms with Crippen molar-refractivity contribution in [1.29, 1.82) is 0 Å². The third kappa shape index (κ3) is 4.51. The van der Waals surface area contributed by atoms with Gasteiger partial charge in [-0.15, -0.1) is 0 Å². The third-order valence-corrected chi connectivity index (χ3v) is 4.48. The molecule has 3 rings (SSSR count). The van der Waals surface area contributed by atoms with Crippen LogP contribution in [0.4, 0.5) is 5.69 Å². The lowest BCUT2D eigenvalue weighted by atomic mass is 10.1. The van der Waals surface area contributed by atoms with Gasteiger partial charge in [-0.1, -0.05) is 0 Å². The smallest absolute Gasteiger partial charge is 0.256 e. The van der Waals surface area contributed by atoms with Crippen molar-refractivity contribution in [3.8, 4) is 17.2 Å². The predicted molar refractivity (Wildman–Crippen MR) is 99.9 cm³/mol. The van der Waals surface area contributed by atoms with Crippen LogP contribution in [0.5, 0.6) is 17.2 Å². The van der Waals surface area contributed by atoms with Gasteiger partial charge in [0.25, 0.3) is 5.91 Å². The van der Waals surface area contributed by atoms with Crippen molar-refractivity contribution in [3.05, 3.63) is 30.1 Å². The van der Waals surface area contributed by atoms with Crippen molar-refractivity contribution >= 4 is 11.6 Å². The van der Waals surface area contributed by atoms with Crippen LogP contribution in [0.15, 0.2) is 24.5 Å². The third-order valence-electron chi connectivity index (χ3n) is 4.48. The van der Waals surface area contributed by atoms with Crippen molar-refractivity contribution in [2.24, 2.45) is 0 Å². The van der Waals surface area contributed by atoms with Gasteiger partial charge < -0.3 is 24.3 Å². The molecule has 1 aliphatic heterocycles. The maximum Gasteiger partial charge on any atom is 0.256 e. The predicted octanol–water partition coefficient (Wildman–Crippen LogP) is 2.73. The van der Waals surface area contributed by atoms with E-state index in [-0.39, 0.29) is 12.0 Å². The molecule has 0 saturated carbocycles. The van der Waals surface area contributed by atoms with Gasteiger partial charge in [-0.05, 0) is 31.4 Å². The second kappa shape index (κ2) is 8.77. The molecule has 27 heavy (non-hydrogen) atoms. The molecule has 0 aliphatic carbocycles. The Kier molecular flexibility index (Phi) is 6.18. The van der Waals surface area contributed by atoms with Crippen LogP contribution in [0.1, 0.15) is 29.6 Å². The Morgan fingerprint density at radius 3 is 2.56 bits per heavy atom. The summed E-state index contributed by atoms with van der Waals surface area (Å²) in [6.07, 6.45) is 6.93. The number of nitrogens with zero attached hydrogens (tertiary/aromatic N) is 2. The van der Waals surface area contributed by atoms with E-state index in [1.54, 1.807) is 29.2 Å². The van der Waals surface area contributed by atoms with Crippen LogP contribution in [0.2, 0.25) is 0 Å². The Labute approximate surface area is 158 Å². The topological polar surface area (TPSA) is 83.8 Å². The van der Waals surface area contributed by atoms with E-state index >= 15 is 0 Å². The zero-order valence-electron chi connectivity index (χ0n) is 15.9. The molecule has 8 heteroatoms. The van der Waals surface area contributed by atoms with E-state index in [0.717, 1.165) is 19.4 Å². The molecule has 1 aliphatic rings. The van der Waals surface area contributed by atoms with Crippen LogP contribution in [0, 0.1) is 0 Å². The maximum atomic E-state index is 12.6. The number of amides is 1. The number of hydrogen-bond acceptors (Lipinski definition) is 6. The summed E-state index contributed by atoms with van der Waals surface area (Å²) >= 11 is 0. The molecule has 0 bridgehead atoms. The van der Waals surface area contributed by atoms with Crippen LogP contribution >= 0.6 is 0 Å². The Morgan fingerprint density at radius 2 is 1.96 bits per heavy atom. The van der Waals surface area contributed by atoms with E-state index in [1.807, 2.05) is 0 Å². The Bertz CT molecular complexity index is 758. The first kappa shape index (κ1) is 19.0. The number of carbonyl (C=O) groups is 1. The molecule has 1 aromatic carbocycles. The van der Waals surface area contributed by atoms with Gasteiger partial charge in [-0.3, -0.25) is 9.48 Å². The molecule has 1 aromatic heterocycles. The minimum Gasteiger partial charge on any atom is -0.493 e. The van der Waals surface area contributed by atoms with Crippen molar-refractivity contribution in [1.82, 2.24) is 9.78 Å². The number of rotatable bonds is 7. The quantitative estimate of drug-likeness (QED) is 0.801. The first-order chi connectivity index (χ1) is 13.1. The molecule has 0 spiro atoms. The number of hydrogen-bond donors (Lipinski definition) is 1. The molecule has 0 radical (unpaired) electrons. The van der Waals surface area contributed by atoms with Gasteiger partial charge in [0.2, 0.25) is 5.75 Å². The summed E-state index contributed by atoms with van der Waals surface area (Å²) in [5.41, 5.74) is 1.01. The van der Waals surface area contributed by atoms with Gasteiger partial charge in [0, 0.05) is 18.4 Å². The minimum absolute atomic E-state index is 0.178. The van der Waals surface area contributed by atoms with E-state index in [9.17, 15) is 4.79 Å². The minimum atomic E-state index is -0.289. The first-order valence-corrected chi connectivity index (χ1v) is 8.90. The highest BCUT2D eigenvalue weighted by Gasteiger charge is 2.18. The van der Waals surface area contributed by atoms with Gasteiger partial charge in [-0.25, -0.2) is 0 Å². The lowest BCUT2D eigenvalue weighted by Crippen LogP contribution is -2.24. The lowest BCUT2D eigenvalue weighted by molar-refractivity contribution is 0.00400. The fraction of sp³-hybridized carbons (Fsp3) is 0.474.